The molecule has 1 aliphatic rings. The molecule has 0 fully saturated rings. The molecule has 10 aromatic rings. The summed E-state index contributed by atoms with van der Waals surface area (Å²) in [6.45, 7) is 0. The predicted octanol–water partition coefficient (Wildman–Crippen LogP) is 14.2. The van der Waals surface area contributed by atoms with Gasteiger partial charge in [-0.1, -0.05) is 231 Å². The van der Waals surface area contributed by atoms with E-state index in [1.807, 2.05) is 12.1 Å². The second-order valence-corrected chi connectivity index (χ2v) is 15.5. The third kappa shape index (κ3) is 6.27. The van der Waals surface area contributed by atoms with E-state index in [0.29, 0.717) is 17.5 Å². The van der Waals surface area contributed by atoms with Crippen molar-refractivity contribution in [2.45, 2.75) is 5.41 Å². The van der Waals surface area contributed by atoms with Gasteiger partial charge in [0.2, 0.25) is 0 Å². The van der Waals surface area contributed by atoms with Crippen molar-refractivity contribution in [2.24, 2.45) is 0 Å². The lowest BCUT2D eigenvalue weighted by Gasteiger charge is -2.34. The number of benzene rings is 9. The van der Waals surface area contributed by atoms with Gasteiger partial charge in [0, 0.05) is 16.7 Å². The summed E-state index contributed by atoms with van der Waals surface area (Å²) in [5.74, 6) is 1.87. The summed E-state index contributed by atoms with van der Waals surface area (Å²) in [4.78, 5) is 15.7. The van der Waals surface area contributed by atoms with E-state index in [-0.39, 0.29) is 0 Å². The van der Waals surface area contributed by atoms with Crippen molar-refractivity contribution in [1.29, 1.82) is 0 Å². The fourth-order valence-corrected chi connectivity index (χ4v) is 9.28. The molecule has 0 unspecified atom stereocenters. The van der Waals surface area contributed by atoms with E-state index in [9.17, 15) is 0 Å². The van der Waals surface area contributed by atoms with Crippen LogP contribution in [-0.4, -0.2) is 15.0 Å². The first-order valence-electron chi connectivity index (χ1n) is 20.8. The van der Waals surface area contributed by atoms with Crippen molar-refractivity contribution >= 4 is 0 Å². The van der Waals surface area contributed by atoms with Crippen molar-refractivity contribution < 1.29 is 0 Å². The normalized spacial score (nSPS) is 12.4. The minimum absolute atomic E-state index is 0.464. The van der Waals surface area contributed by atoms with Gasteiger partial charge in [-0.2, -0.15) is 0 Å². The number of rotatable bonds is 8. The standard InChI is InChI=1S/C58H39N3/c1-5-19-41(20-6-1)47-27-13-15-30-51(47)56-59-55(60-57(61-56)52-31-16-14-28-48(52)42-21-7-2-8-22-42)43-35-33-40(34-36-43)44-37-38-50-49-29-17-18-32-53(49)58(54(50)39-44,45-23-9-3-10-24-45)46-25-11-4-12-26-46/h1-39H. The fourth-order valence-electron chi connectivity index (χ4n) is 9.28. The van der Waals surface area contributed by atoms with Crippen LogP contribution in [0.2, 0.25) is 0 Å². The lowest BCUT2D eigenvalue weighted by Crippen LogP contribution is -2.28. The van der Waals surface area contributed by atoms with E-state index < -0.39 is 5.41 Å². The van der Waals surface area contributed by atoms with Gasteiger partial charge in [0.1, 0.15) is 0 Å². The maximum atomic E-state index is 5.23. The van der Waals surface area contributed by atoms with Crippen LogP contribution in [0, 0.1) is 0 Å². The molecule has 0 aliphatic heterocycles. The summed E-state index contributed by atoms with van der Waals surface area (Å²) in [6, 6.07) is 84.1. The van der Waals surface area contributed by atoms with Gasteiger partial charge in [-0.25, -0.2) is 15.0 Å². The van der Waals surface area contributed by atoms with Crippen molar-refractivity contribution in [3.05, 3.63) is 259 Å². The molecule has 0 saturated carbocycles. The molecule has 3 nitrogen and oxygen atoms in total. The highest BCUT2D eigenvalue weighted by atomic mass is 15.0. The highest BCUT2D eigenvalue weighted by molar-refractivity contribution is 5.89. The number of hydrogen-bond acceptors (Lipinski definition) is 3. The predicted molar refractivity (Wildman–Crippen MR) is 250 cm³/mol. The van der Waals surface area contributed by atoms with E-state index in [2.05, 4.69) is 224 Å². The average molecular weight is 778 g/mol. The SMILES string of the molecule is c1ccc(-c2ccccc2-c2nc(-c3ccc(-c4ccc5c(c4)C(c4ccccc4)(c4ccccc4)c4ccccc4-5)cc3)nc(-c3ccccc3-c3ccccc3)n2)cc1. The summed E-state index contributed by atoms with van der Waals surface area (Å²) < 4.78 is 0. The summed E-state index contributed by atoms with van der Waals surface area (Å²) in [7, 11) is 0. The van der Waals surface area contributed by atoms with Crippen molar-refractivity contribution in [3.8, 4) is 78.7 Å². The molecule has 61 heavy (non-hydrogen) atoms. The van der Waals surface area contributed by atoms with Crippen LogP contribution < -0.4 is 0 Å². The van der Waals surface area contributed by atoms with Gasteiger partial charge in [-0.15, -0.1) is 0 Å². The smallest absolute Gasteiger partial charge is 0.164 e. The zero-order chi connectivity index (χ0) is 40.6. The lowest BCUT2D eigenvalue weighted by atomic mass is 9.67. The molecular formula is C58H39N3. The van der Waals surface area contributed by atoms with Crippen LogP contribution in [0.1, 0.15) is 22.3 Å². The minimum atomic E-state index is -0.464. The van der Waals surface area contributed by atoms with E-state index >= 15 is 0 Å². The third-order valence-electron chi connectivity index (χ3n) is 12.1. The lowest BCUT2D eigenvalue weighted by molar-refractivity contribution is 0.769. The first-order chi connectivity index (χ1) is 30.3. The number of hydrogen-bond donors (Lipinski definition) is 0. The second kappa shape index (κ2) is 15.3. The third-order valence-corrected chi connectivity index (χ3v) is 12.1. The summed E-state index contributed by atoms with van der Waals surface area (Å²) in [5.41, 5.74) is 16.6. The molecule has 1 aliphatic carbocycles. The van der Waals surface area contributed by atoms with E-state index in [0.717, 1.165) is 50.1 Å². The zero-order valence-corrected chi connectivity index (χ0v) is 33.4. The van der Waals surface area contributed by atoms with Gasteiger partial charge >= 0.3 is 0 Å². The second-order valence-electron chi connectivity index (χ2n) is 15.5. The van der Waals surface area contributed by atoms with Crippen LogP contribution in [0.25, 0.3) is 78.7 Å². The van der Waals surface area contributed by atoms with E-state index in [1.165, 1.54) is 33.4 Å². The van der Waals surface area contributed by atoms with Crippen molar-refractivity contribution in [2.75, 3.05) is 0 Å². The average Bonchev–Trinajstić information content (AvgIpc) is 3.65. The molecule has 11 rings (SSSR count). The molecule has 0 radical (unpaired) electrons. The number of aromatic nitrogens is 3. The van der Waals surface area contributed by atoms with Gasteiger partial charge in [0.05, 0.1) is 5.41 Å². The first-order valence-corrected chi connectivity index (χ1v) is 20.8. The molecule has 0 atom stereocenters. The molecule has 0 amide bonds. The minimum Gasteiger partial charge on any atom is -0.208 e. The molecule has 0 N–H and O–H groups in total. The summed E-state index contributed by atoms with van der Waals surface area (Å²) in [5, 5.41) is 0. The van der Waals surface area contributed by atoms with Crippen LogP contribution >= 0.6 is 0 Å². The van der Waals surface area contributed by atoms with Crippen molar-refractivity contribution in [3.63, 3.8) is 0 Å². The molecule has 0 spiro atoms. The monoisotopic (exact) mass is 777 g/mol. The van der Waals surface area contributed by atoms with Gasteiger partial charge in [0.15, 0.2) is 17.5 Å². The van der Waals surface area contributed by atoms with Crippen LogP contribution in [0.3, 0.4) is 0 Å². The van der Waals surface area contributed by atoms with Gasteiger partial charge in [-0.3, -0.25) is 0 Å². The molecule has 1 aromatic heterocycles. The first kappa shape index (κ1) is 36.1. The molecular weight excluding hydrogens is 739 g/mol. The maximum Gasteiger partial charge on any atom is 0.164 e. The van der Waals surface area contributed by atoms with Crippen LogP contribution in [-0.2, 0) is 5.41 Å². The van der Waals surface area contributed by atoms with Gasteiger partial charge in [0.25, 0.3) is 0 Å². The number of nitrogens with zero attached hydrogens (tertiary/aromatic N) is 3. The fraction of sp³-hybridized carbons (Fsp3) is 0.0172. The van der Waals surface area contributed by atoms with Crippen LogP contribution in [0.15, 0.2) is 237 Å². The highest BCUT2D eigenvalue weighted by Crippen LogP contribution is 2.56. The van der Waals surface area contributed by atoms with Crippen LogP contribution in [0.4, 0.5) is 0 Å². The maximum absolute atomic E-state index is 5.23. The highest BCUT2D eigenvalue weighted by Gasteiger charge is 2.46. The Balaban J connectivity index is 1.05. The van der Waals surface area contributed by atoms with Gasteiger partial charge < -0.3 is 0 Å². The quantitative estimate of drug-likeness (QED) is 0.154. The number of fused-ring (bicyclic) bond motifs is 3. The van der Waals surface area contributed by atoms with E-state index in [4.69, 9.17) is 15.0 Å². The van der Waals surface area contributed by atoms with Gasteiger partial charge in [-0.05, 0) is 72.8 Å². The Hall–Kier alpha value is -8.01. The molecule has 9 aromatic carbocycles. The molecule has 3 heteroatoms. The summed E-state index contributed by atoms with van der Waals surface area (Å²) >= 11 is 0. The Bertz CT molecular complexity index is 3020. The molecule has 1 heterocycles. The Labute approximate surface area is 356 Å². The van der Waals surface area contributed by atoms with E-state index in [1.54, 1.807) is 0 Å². The zero-order valence-electron chi connectivity index (χ0n) is 33.4. The topological polar surface area (TPSA) is 38.7 Å². The van der Waals surface area contributed by atoms with Crippen LogP contribution in [0.5, 0.6) is 0 Å². The summed E-state index contributed by atoms with van der Waals surface area (Å²) in [6.07, 6.45) is 0. The Morgan fingerprint density at radius 3 is 1.13 bits per heavy atom. The largest absolute Gasteiger partial charge is 0.208 e. The molecule has 0 bridgehead atoms. The van der Waals surface area contributed by atoms with Crippen molar-refractivity contribution in [1.82, 2.24) is 15.0 Å². The molecule has 0 saturated heterocycles. The Morgan fingerprint density at radius 1 is 0.230 bits per heavy atom. The Morgan fingerprint density at radius 2 is 0.607 bits per heavy atom. The Kier molecular flexibility index (Phi) is 9.05. The molecule has 286 valence electrons.